The molecule has 7 N–H and O–H groups in total. The maximum atomic E-state index is 13.1. The molecule has 0 bridgehead atoms. The van der Waals surface area contributed by atoms with Gasteiger partial charge in [0.15, 0.2) is 0 Å². The smallest absolute Gasteiger partial charge is 0.263 e. The first-order valence-electron chi connectivity index (χ1n) is 37.5. The van der Waals surface area contributed by atoms with Crippen LogP contribution in [0.25, 0.3) is 135 Å². The average molecular weight is 1520 g/mol. The quantitative estimate of drug-likeness (QED) is 0.0669. The van der Waals surface area contributed by atoms with Gasteiger partial charge < -0.3 is 25.0 Å². The van der Waals surface area contributed by atoms with Crippen molar-refractivity contribution in [2.24, 2.45) is 0 Å². The van der Waals surface area contributed by atoms with Crippen LogP contribution in [0.4, 0.5) is 0 Å². The number of rotatable bonds is 10. The second kappa shape index (κ2) is 32.1. The third kappa shape index (κ3) is 14.5. The van der Waals surface area contributed by atoms with Gasteiger partial charge in [-0.25, -0.2) is 51.9 Å². The Morgan fingerprint density at radius 2 is 0.774 bits per heavy atom. The molecule has 21 rings (SSSR count). The fourth-order valence-corrected chi connectivity index (χ4v) is 14.3. The summed E-state index contributed by atoms with van der Waals surface area (Å²) in [6.45, 7) is 6.00. The molecule has 0 amide bonds. The summed E-state index contributed by atoms with van der Waals surface area (Å²) in [4.78, 5) is 118. The summed E-state index contributed by atoms with van der Waals surface area (Å²) in [7, 11) is 0. The molecule has 566 valence electrons. The summed E-state index contributed by atoms with van der Waals surface area (Å²) in [5, 5.41) is 19.1. The average Bonchev–Trinajstić information content (AvgIpc) is 1.65. The summed E-state index contributed by atoms with van der Waals surface area (Å²) < 4.78 is 9.92. The summed E-state index contributed by atoms with van der Waals surface area (Å²) in [6, 6.07) is 82.0. The summed E-state index contributed by atoms with van der Waals surface area (Å²) in [6.07, 6.45) is 6.37. The maximum absolute atomic E-state index is 13.1. The monoisotopic (exact) mass is 1520 g/mol. The highest BCUT2D eigenvalue weighted by Crippen LogP contribution is 2.28. The van der Waals surface area contributed by atoms with E-state index < -0.39 is 0 Å². The van der Waals surface area contributed by atoms with Gasteiger partial charge in [0.05, 0.1) is 94.9 Å². The van der Waals surface area contributed by atoms with Crippen molar-refractivity contribution in [3.05, 3.63) is 345 Å². The van der Waals surface area contributed by atoms with Crippen LogP contribution in [0, 0.1) is 11.3 Å². The molecule has 0 radical (unpaired) electrons. The molecule has 21 aromatic rings. The second-order valence-electron chi connectivity index (χ2n) is 27.0. The highest BCUT2D eigenvalue weighted by molar-refractivity contribution is 5.85. The highest BCUT2D eigenvalue weighted by atomic mass is 16.3. The number of nitriles is 1. The van der Waals surface area contributed by atoms with Crippen LogP contribution in [0.3, 0.4) is 0 Å². The first-order valence-corrected chi connectivity index (χ1v) is 37.5. The van der Waals surface area contributed by atoms with Gasteiger partial charge in [-0.1, -0.05) is 197 Å². The molecule has 0 saturated carbocycles. The first kappa shape index (κ1) is 73.5. The lowest BCUT2D eigenvalue weighted by Gasteiger charge is -2.08. The number of benzene rings is 9. The minimum absolute atomic E-state index is 0.0177. The molecule has 0 saturated heterocycles. The van der Waals surface area contributed by atoms with E-state index in [9.17, 15) is 33.9 Å². The molecule has 26 nitrogen and oxygen atoms in total. The third-order valence-electron chi connectivity index (χ3n) is 19.6. The predicted octanol–water partition coefficient (Wildman–Crippen LogP) is 14.7. The number of imidazole rings is 6. The van der Waals surface area contributed by atoms with E-state index in [1.165, 1.54) is 6.07 Å². The Kier molecular flexibility index (Phi) is 20.5. The zero-order chi connectivity index (χ0) is 79.2. The Bertz CT molecular complexity index is 7640. The van der Waals surface area contributed by atoms with Gasteiger partial charge in [0.25, 0.3) is 33.4 Å². The number of nitrogens with zero attached hydrogens (tertiary/aromatic N) is 13. The van der Waals surface area contributed by atoms with Crippen LogP contribution in [0.5, 0.6) is 5.88 Å². The molecular formula is C89H73N19O7. The van der Waals surface area contributed by atoms with Gasteiger partial charge >= 0.3 is 0 Å². The van der Waals surface area contributed by atoms with Gasteiger partial charge in [-0.15, -0.1) is 0 Å². The predicted molar refractivity (Wildman–Crippen MR) is 449 cm³/mol. The van der Waals surface area contributed by atoms with Gasteiger partial charge in [-0.2, -0.15) is 5.26 Å². The molecule has 0 aliphatic heterocycles. The van der Waals surface area contributed by atoms with E-state index in [1.54, 1.807) is 40.3 Å². The minimum atomic E-state index is -0.284. The van der Waals surface area contributed by atoms with Crippen molar-refractivity contribution in [2.75, 3.05) is 0 Å². The molecule has 12 heterocycles. The zero-order valence-corrected chi connectivity index (χ0v) is 62.5. The van der Waals surface area contributed by atoms with E-state index >= 15 is 0 Å². The number of hydrogen-bond donors (Lipinski definition) is 7. The van der Waals surface area contributed by atoms with Crippen molar-refractivity contribution in [3.8, 4) is 45.7 Å². The highest BCUT2D eigenvalue weighted by Gasteiger charge is 2.21. The SMILES string of the molecule is CCCc1c(-c2ccccc2)nc2[nH]c3ccccc3n2c1=O.CCCc1cc(=O)n2c(nc3ccccc32)[nH]1.CCc1c(O)n2c(nc3ccccc32)[nH]c1=O.N#CCCc1c(-c2ccccc2)nc2[nH]c3ccccc3n2c1=O.O=c1cc(-c2ccccc2)[nH]c2nc3ccccc3n12.O=c1ccn2c(nc3ccccc32)[nH]1. The number of H-pyrrole nitrogens is 6. The fourth-order valence-electron chi connectivity index (χ4n) is 14.3. The van der Waals surface area contributed by atoms with E-state index in [4.69, 9.17) is 15.2 Å². The topological polar surface area (TPSA) is 345 Å². The Hall–Kier alpha value is -15.7. The van der Waals surface area contributed by atoms with E-state index in [-0.39, 0.29) is 45.7 Å². The molecule has 26 heteroatoms. The number of aryl methyl sites for hydroxylation is 1. The largest absolute Gasteiger partial charge is 0.494 e. The standard InChI is InChI=1S/C19H14N4O.C19H17N3O.C16H11N3O.C13H13N3O.C12H11N3O2.C10H7N3O/c20-12-6-9-14-17(13-7-2-1-3-8-13)22-19-21-15-10-4-5-11-16(15)23(19)18(14)24;1-2-8-14-17(13-9-4-3-5-10-13)21-19-20-15-11-6-7-12-16(15)22(19)18(14)23;20-15-10-13(11-6-2-1-3-7-11)18-16-17-12-8-4-5-9-14(12)19(15)16;1-2-5-9-8-12(17)16-11-7-4-3-6-10(11)15-13(16)14-9;1-2-7-10(16)14-12-13-8-5-3-4-6-9(8)15(12)11(7)17;14-9-5-6-13-8-4-2-1-3-7(8)11-10(13)12-9/h1-5,7-8,10-11H,6,9H2,(H,21,22);3-7,9-12H,2,8H2,1H3,(H,20,21);1-10H,(H,17,18);3-4,6-8H,2,5H2,1H3,(H,14,15);3-6,17H,2H2,1H3,(H,13,14,16);1-6H,(H,11,12,14). The van der Waals surface area contributed by atoms with Crippen LogP contribution in [0.15, 0.2) is 290 Å². The number of nitrogens with one attached hydrogen (secondary N) is 6. The Morgan fingerprint density at radius 3 is 1.28 bits per heavy atom. The van der Waals surface area contributed by atoms with Gasteiger partial charge in [0.2, 0.25) is 40.5 Å². The Morgan fingerprint density at radius 1 is 0.365 bits per heavy atom. The number of para-hydroxylation sites is 12. The van der Waals surface area contributed by atoms with E-state index in [0.29, 0.717) is 64.3 Å². The number of hydrogen-bond acceptors (Lipinski definition) is 14. The number of aromatic hydroxyl groups is 1. The van der Waals surface area contributed by atoms with Crippen LogP contribution >= 0.6 is 0 Å². The van der Waals surface area contributed by atoms with E-state index in [1.807, 2.05) is 248 Å². The number of aromatic nitrogens is 18. The molecule has 0 aliphatic carbocycles. The molecule has 12 aromatic heterocycles. The third-order valence-corrected chi connectivity index (χ3v) is 19.6. The lowest BCUT2D eigenvalue weighted by Crippen LogP contribution is -2.20. The fraction of sp³-hybridized carbons (Fsp3) is 0.112. The van der Waals surface area contributed by atoms with Crippen LogP contribution in [0.1, 0.15) is 62.4 Å². The molecule has 115 heavy (non-hydrogen) atoms. The molecule has 0 unspecified atom stereocenters. The maximum Gasteiger partial charge on any atom is 0.263 e. The lowest BCUT2D eigenvalue weighted by atomic mass is 10.0. The van der Waals surface area contributed by atoms with Crippen LogP contribution < -0.4 is 33.4 Å². The van der Waals surface area contributed by atoms with Crippen molar-refractivity contribution in [3.63, 3.8) is 0 Å². The molecule has 0 atom stereocenters. The van der Waals surface area contributed by atoms with Gasteiger partial charge in [-0.3, -0.25) is 43.1 Å². The van der Waals surface area contributed by atoms with E-state index in [2.05, 4.69) is 69.8 Å². The van der Waals surface area contributed by atoms with Gasteiger partial charge in [0, 0.05) is 58.8 Å². The van der Waals surface area contributed by atoms with Crippen LogP contribution in [0.2, 0.25) is 0 Å². The van der Waals surface area contributed by atoms with Crippen molar-refractivity contribution >= 4 is 101 Å². The van der Waals surface area contributed by atoms with E-state index in [0.717, 1.165) is 131 Å². The molecule has 0 aliphatic rings. The Balaban J connectivity index is 0.000000105. The molecular weight excluding hydrogens is 1450 g/mol. The van der Waals surface area contributed by atoms with Crippen molar-refractivity contribution in [1.82, 2.24) is 86.2 Å². The van der Waals surface area contributed by atoms with Gasteiger partial charge in [-0.05, 0) is 104 Å². The van der Waals surface area contributed by atoms with Crippen molar-refractivity contribution in [1.29, 1.82) is 5.26 Å². The van der Waals surface area contributed by atoms with Crippen LogP contribution in [-0.2, 0) is 25.7 Å². The Labute approximate surface area is 651 Å². The van der Waals surface area contributed by atoms with Crippen LogP contribution in [-0.4, -0.2) is 91.3 Å². The summed E-state index contributed by atoms with van der Waals surface area (Å²) in [5.74, 6) is 3.22. The number of fused-ring (bicyclic) bond motifs is 18. The van der Waals surface area contributed by atoms with Gasteiger partial charge in [0.1, 0.15) is 0 Å². The second-order valence-corrected chi connectivity index (χ2v) is 27.0. The van der Waals surface area contributed by atoms with Crippen molar-refractivity contribution in [2.45, 2.75) is 65.7 Å². The summed E-state index contributed by atoms with van der Waals surface area (Å²) in [5.41, 5.74) is 17.3. The zero-order valence-electron chi connectivity index (χ0n) is 62.5. The summed E-state index contributed by atoms with van der Waals surface area (Å²) >= 11 is 0. The van der Waals surface area contributed by atoms with Crippen molar-refractivity contribution < 1.29 is 5.11 Å². The molecule has 0 fully saturated rings. The number of aromatic amines is 6. The minimum Gasteiger partial charge on any atom is -0.494 e. The molecule has 0 spiro atoms. The first-order chi connectivity index (χ1) is 56.3. The normalized spacial score (nSPS) is 11.2. The molecule has 9 aromatic carbocycles. The lowest BCUT2D eigenvalue weighted by molar-refractivity contribution is 0.439.